The molecule has 1 aliphatic heterocycles. The highest BCUT2D eigenvalue weighted by atomic mass is 19.1. The molecule has 1 unspecified atom stereocenters. The Morgan fingerprint density at radius 2 is 1.81 bits per heavy atom. The van der Waals surface area contributed by atoms with Crippen molar-refractivity contribution in [3.8, 4) is 0 Å². The fourth-order valence-corrected chi connectivity index (χ4v) is 3.92. The first-order valence-corrected chi connectivity index (χ1v) is 9.26. The fraction of sp³-hybridized carbons (Fsp3) is 0.304. The lowest BCUT2D eigenvalue weighted by Crippen LogP contribution is -2.50. The summed E-state index contributed by atoms with van der Waals surface area (Å²) in [5, 5.41) is 1.03. The number of halogens is 1. The summed E-state index contributed by atoms with van der Waals surface area (Å²) in [5.74, 6) is -0.266. The summed E-state index contributed by atoms with van der Waals surface area (Å²) in [6, 6.07) is 15.2. The van der Waals surface area contributed by atoms with Crippen LogP contribution in [0.2, 0.25) is 0 Å². The molecular formula is C23H23FN2O. The third-order valence-electron chi connectivity index (χ3n) is 5.60. The lowest BCUT2D eigenvalue weighted by molar-refractivity contribution is -0.0793. The van der Waals surface area contributed by atoms with Crippen LogP contribution in [0.4, 0.5) is 4.39 Å². The van der Waals surface area contributed by atoms with Crippen molar-refractivity contribution >= 4 is 16.6 Å². The van der Waals surface area contributed by atoms with Crippen LogP contribution in [0.3, 0.4) is 0 Å². The summed E-state index contributed by atoms with van der Waals surface area (Å²) < 4.78 is 21.1. The maximum Gasteiger partial charge on any atom is 0.130 e. The van der Waals surface area contributed by atoms with Crippen LogP contribution in [0, 0.1) is 5.82 Å². The first-order chi connectivity index (χ1) is 12.9. The van der Waals surface area contributed by atoms with E-state index in [2.05, 4.69) is 11.1 Å². The summed E-state index contributed by atoms with van der Waals surface area (Å²) in [6.07, 6.45) is 1.81. The molecule has 0 saturated carbocycles. The minimum atomic E-state index is -0.851. The van der Waals surface area contributed by atoms with Gasteiger partial charge in [0.25, 0.3) is 0 Å². The maximum atomic E-state index is 15.0. The average Bonchev–Trinajstić information content (AvgIpc) is 2.64. The van der Waals surface area contributed by atoms with Crippen molar-refractivity contribution in [2.45, 2.75) is 38.8 Å². The van der Waals surface area contributed by atoms with Gasteiger partial charge in [0.1, 0.15) is 11.4 Å². The van der Waals surface area contributed by atoms with E-state index in [0.717, 1.165) is 27.7 Å². The first kappa shape index (κ1) is 17.8. The number of benzene rings is 2. The highest BCUT2D eigenvalue weighted by Gasteiger charge is 2.50. The topological polar surface area (TPSA) is 34.5 Å². The Hall–Kier alpha value is -2.59. The fourth-order valence-electron chi connectivity index (χ4n) is 3.92. The van der Waals surface area contributed by atoms with Crippen molar-refractivity contribution in [1.82, 2.24) is 4.98 Å². The predicted molar refractivity (Wildman–Crippen MR) is 107 cm³/mol. The number of fused-ring (bicyclic) bond motifs is 2. The van der Waals surface area contributed by atoms with Gasteiger partial charge in [-0.25, -0.2) is 4.39 Å². The van der Waals surface area contributed by atoms with Gasteiger partial charge in [-0.05, 0) is 45.9 Å². The largest absolute Gasteiger partial charge is 0.368 e. The van der Waals surface area contributed by atoms with E-state index in [-0.39, 0.29) is 5.82 Å². The van der Waals surface area contributed by atoms with Gasteiger partial charge in [-0.1, -0.05) is 30.3 Å². The van der Waals surface area contributed by atoms with E-state index >= 15 is 4.39 Å². The highest BCUT2D eigenvalue weighted by Crippen LogP contribution is 2.46. The molecule has 4 rings (SSSR count). The molecule has 2 aromatic carbocycles. The molecule has 138 valence electrons. The molecule has 0 amide bonds. The number of pyridine rings is 1. The van der Waals surface area contributed by atoms with E-state index in [1.165, 1.54) is 6.07 Å². The summed E-state index contributed by atoms with van der Waals surface area (Å²) >= 11 is 0. The minimum absolute atomic E-state index is 0.266. The van der Waals surface area contributed by atoms with Gasteiger partial charge in [0, 0.05) is 34.9 Å². The van der Waals surface area contributed by atoms with Crippen LogP contribution in [0.15, 0.2) is 59.7 Å². The van der Waals surface area contributed by atoms with Crippen molar-refractivity contribution in [2.24, 2.45) is 4.99 Å². The third kappa shape index (κ3) is 2.67. The Balaban J connectivity index is 1.99. The summed E-state index contributed by atoms with van der Waals surface area (Å²) in [5.41, 5.74) is 2.40. The molecule has 4 heteroatoms. The van der Waals surface area contributed by atoms with Gasteiger partial charge in [-0.2, -0.15) is 0 Å². The molecule has 0 saturated heterocycles. The monoisotopic (exact) mass is 362 g/mol. The second-order valence-electron chi connectivity index (χ2n) is 7.56. The Bertz CT molecular complexity index is 1060. The molecule has 0 N–H and O–H groups in total. The number of ether oxygens (including phenoxy) is 1. The first-order valence-electron chi connectivity index (χ1n) is 9.26. The van der Waals surface area contributed by atoms with Crippen molar-refractivity contribution in [3.63, 3.8) is 0 Å². The highest BCUT2D eigenvalue weighted by molar-refractivity contribution is 6.15. The van der Waals surface area contributed by atoms with Gasteiger partial charge >= 0.3 is 0 Å². The second kappa shape index (κ2) is 6.24. The molecule has 0 spiro atoms. The van der Waals surface area contributed by atoms with Crippen LogP contribution in [0.5, 0.6) is 0 Å². The standard InChI is InChI=1S/C23H23FN2O/c1-5-27-23(4)20-17(10-8-11-18(20)24)21(26-22(23,2)3)16-13-15-9-6-7-12-19(15)25-14-16/h6-14H,5H2,1-4H3. The quantitative estimate of drug-likeness (QED) is 0.637. The van der Waals surface area contributed by atoms with Crippen LogP contribution in [0.1, 0.15) is 44.4 Å². The Morgan fingerprint density at radius 1 is 1.04 bits per heavy atom. The van der Waals surface area contributed by atoms with E-state index < -0.39 is 11.1 Å². The van der Waals surface area contributed by atoms with Gasteiger partial charge in [-0.15, -0.1) is 0 Å². The molecule has 1 atom stereocenters. The average molecular weight is 362 g/mol. The summed E-state index contributed by atoms with van der Waals surface area (Å²) in [7, 11) is 0. The SMILES string of the molecule is CCOC1(C)c2c(F)cccc2C(c2cnc3ccccc3c2)=NC1(C)C. The Kier molecular flexibility index (Phi) is 4.11. The molecule has 0 aliphatic carbocycles. The van der Waals surface area contributed by atoms with Gasteiger partial charge < -0.3 is 4.74 Å². The van der Waals surface area contributed by atoms with Crippen LogP contribution >= 0.6 is 0 Å². The number of hydrogen-bond donors (Lipinski definition) is 0. The van der Waals surface area contributed by atoms with Gasteiger partial charge in [0.15, 0.2) is 0 Å². The zero-order chi connectivity index (χ0) is 19.2. The molecular weight excluding hydrogens is 339 g/mol. The maximum absolute atomic E-state index is 15.0. The van der Waals surface area contributed by atoms with E-state index in [0.29, 0.717) is 12.2 Å². The molecule has 1 aliphatic rings. The summed E-state index contributed by atoms with van der Waals surface area (Å²) in [6.45, 7) is 8.32. The van der Waals surface area contributed by atoms with Crippen LogP contribution in [-0.2, 0) is 10.3 Å². The number of aromatic nitrogens is 1. The lowest BCUT2D eigenvalue weighted by Gasteiger charge is -2.46. The van der Waals surface area contributed by atoms with Crippen molar-refractivity contribution in [3.05, 3.63) is 77.2 Å². The molecule has 3 nitrogen and oxygen atoms in total. The Labute approximate surface area is 158 Å². The lowest BCUT2D eigenvalue weighted by atomic mass is 9.72. The van der Waals surface area contributed by atoms with Gasteiger partial charge in [0.05, 0.1) is 16.8 Å². The normalized spacial score (nSPS) is 21.0. The summed E-state index contributed by atoms with van der Waals surface area (Å²) in [4.78, 5) is 9.60. The smallest absolute Gasteiger partial charge is 0.130 e. The zero-order valence-electron chi connectivity index (χ0n) is 16.1. The molecule has 3 aromatic rings. The molecule has 0 fully saturated rings. The van der Waals surface area contributed by atoms with E-state index in [1.54, 1.807) is 6.07 Å². The van der Waals surface area contributed by atoms with E-state index in [1.807, 2.05) is 64.2 Å². The molecule has 0 radical (unpaired) electrons. The van der Waals surface area contributed by atoms with Crippen molar-refractivity contribution in [2.75, 3.05) is 6.61 Å². The number of rotatable bonds is 3. The van der Waals surface area contributed by atoms with E-state index in [9.17, 15) is 0 Å². The number of aliphatic imine (C=N–C) groups is 1. The predicted octanol–water partition coefficient (Wildman–Crippen LogP) is 5.26. The minimum Gasteiger partial charge on any atom is -0.368 e. The Morgan fingerprint density at radius 3 is 2.59 bits per heavy atom. The number of para-hydroxylation sites is 1. The molecule has 0 bridgehead atoms. The molecule has 1 aromatic heterocycles. The zero-order valence-corrected chi connectivity index (χ0v) is 16.1. The van der Waals surface area contributed by atoms with Crippen LogP contribution in [0.25, 0.3) is 10.9 Å². The van der Waals surface area contributed by atoms with Crippen LogP contribution < -0.4 is 0 Å². The van der Waals surface area contributed by atoms with Crippen LogP contribution in [-0.4, -0.2) is 22.8 Å². The van der Waals surface area contributed by atoms with Crippen molar-refractivity contribution in [1.29, 1.82) is 0 Å². The van der Waals surface area contributed by atoms with Gasteiger partial charge in [-0.3, -0.25) is 9.98 Å². The molecule has 27 heavy (non-hydrogen) atoms. The number of nitrogens with zero attached hydrogens (tertiary/aromatic N) is 2. The van der Waals surface area contributed by atoms with Gasteiger partial charge in [0.2, 0.25) is 0 Å². The van der Waals surface area contributed by atoms with E-state index in [4.69, 9.17) is 9.73 Å². The third-order valence-corrected chi connectivity index (χ3v) is 5.60. The second-order valence-corrected chi connectivity index (χ2v) is 7.56. The molecule has 2 heterocycles. The van der Waals surface area contributed by atoms with Crippen molar-refractivity contribution < 1.29 is 9.13 Å². The number of hydrogen-bond acceptors (Lipinski definition) is 3.